The molecule has 1 aliphatic carbocycles. The highest BCUT2D eigenvalue weighted by Gasteiger charge is 2.25. The smallest absolute Gasteiger partial charge is 0.273 e. The van der Waals surface area contributed by atoms with Gasteiger partial charge in [-0.3, -0.25) is 9.59 Å². The Kier molecular flexibility index (Phi) is 6.88. The zero-order valence-electron chi connectivity index (χ0n) is 18.8. The van der Waals surface area contributed by atoms with Crippen LogP contribution in [-0.2, 0) is 6.54 Å². The summed E-state index contributed by atoms with van der Waals surface area (Å²) in [6.07, 6.45) is 8.63. The van der Waals surface area contributed by atoms with E-state index in [2.05, 4.69) is 28.5 Å². The number of anilines is 1. The van der Waals surface area contributed by atoms with Crippen molar-refractivity contribution < 1.29 is 9.18 Å². The number of halogens is 1. The van der Waals surface area contributed by atoms with Crippen LogP contribution in [0.2, 0.25) is 0 Å². The van der Waals surface area contributed by atoms with Gasteiger partial charge in [-0.25, -0.2) is 13.7 Å². The van der Waals surface area contributed by atoms with Crippen molar-refractivity contribution in [2.24, 2.45) is 11.7 Å². The van der Waals surface area contributed by atoms with Gasteiger partial charge in [0.05, 0.1) is 0 Å². The molecule has 174 valence electrons. The minimum Gasteiger partial charge on any atom is -0.378 e. The number of aromatic nitrogens is 3. The van der Waals surface area contributed by atoms with E-state index >= 15 is 0 Å². The van der Waals surface area contributed by atoms with Gasteiger partial charge in [0.25, 0.3) is 11.5 Å². The van der Waals surface area contributed by atoms with Crippen LogP contribution < -0.4 is 16.6 Å². The molecule has 3 heterocycles. The minimum absolute atomic E-state index is 0.0222. The molecule has 0 saturated heterocycles. The maximum absolute atomic E-state index is 14.1. The summed E-state index contributed by atoms with van der Waals surface area (Å²) < 4.78 is 20.1. The van der Waals surface area contributed by atoms with Crippen LogP contribution in [0.1, 0.15) is 61.5 Å². The van der Waals surface area contributed by atoms with Crippen molar-refractivity contribution in [3.8, 4) is 11.1 Å². The highest BCUT2D eigenvalue weighted by atomic mass is 32.1. The van der Waals surface area contributed by atoms with E-state index in [1.54, 1.807) is 10.8 Å². The Labute approximate surface area is 196 Å². The molecular formula is C24H28FN5O2S. The highest BCUT2D eigenvalue weighted by molar-refractivity contribution is 7.03. The van der Waals surface area contributed by atoms with Gasteiger partial charge in [0.15, 0.2) is 11.5 Å². The first kappa shape index (κ1) is 23.1. The number of rotatable bonds is 7. The molecule has 1 aliphatic rings. The Hall–Kier alpha value is -3.07. The van der Waals surface area contributed by atoms with Gasteiger partial charge < -0.3 is 15.6 Å². The molecule has 0 atom stereocenters. The molecule has 0 unspecified atom stereocenters. The summed E-state index contributed by atoms with van der Waals surface area (Å²) in [5.74, 6) is -1.04. The SMILES string of the molecule is CC(C)Cn1cc(-c2cnsc2)cc(NC2CCC(c3cnc(C(N)=O)c(F)c3)CC2)c1=O. The van der Waals surface area contributed by atoms with E-state index in [1.165, 1.54) is 17.6 Å². The fraction of sp³-hybridized carbons (Fsp3) is 0.417. The van der Waals surface area contributed by atoms with Crippen molar-refractivity contribution in [1.82, 2.24) is 13.9 Å². The first-order valence-corrected chi connectivity index (χ1v) is 12.0. The van der Waals surface area contributed by atoms with Crippen LogP contribution in [-0.4, -0.2) is 25.9 Å². The molecule has 33 heavy (non-hydrogen) atoms. The normalized spacial score (nSPS) is 18.4. The number of primary amides is 1. The molecule has 0 aliphatic heterocycles. The Balaban J connectivity index is 1.49. The van der Waals surface area contributed by atoms with Crippen LogP contribution >= 0.6 is 11.5 Å². The van der Waals surface area contributed by atoms with E-state index in [9.17, 15) is 14.0 Å². The predicted octanol–water partition coefficient (Wildman–Crippen LogP) is 4.40. The van der Waals surface area contributed by atoms with E-state index in [4.69, 9.17) is 5.73 Å². The van der Waals surface area contributed by atoms with Gasteiger partial charge in [0.2, 0.25) is 0 Å². The van der Waals surface area contributed by atoms with Crippen LogP contribution in [0.15, 0.2) is 40.9 Å². The van der Waals surface area contributed by atoms with Crippen molar-refractivity contribution >= 4 is 23.1 Å². The molecule has 0 aromatic carbocycles. The standard InChI is InChI=1S/C24H28FN5O2S/c1-14(2)11-30-12-17(18-10-28-33-13-18)8-21(24(30)32)29-19-5-3-15(4-6-19)16-7-20(25)22(23(26)31)27-9-16/h7-10,12-15,19,29H,3-6,11H2,1-2H3,(H2,26,31). The molecule has 1 fully saturated rings. The summed E-state index contributed by atoms with van der Waals surface area (Å²) in [6.45, 7) is 4.83. The fourth-order valence-electron chi connectivity index (χ4n) is 4.42. The van der Waals surface area contributed by atoms with E-state index in [0.29, 0.717) is 18.2 Å². The number of amides is 1. The Bertz CT molecular complexity index is 1180. The van der Waals surface area contributed by atoms with Crippen LogP contribution in [0, 0.1) is 11.7 Å². The zero-order chi connectivity index (χ0) is 23.5. The average molecular weight is 470 g/mol. The van der Waals surface area contributed by atoms with Crippen LogP contribution in [0.4, 0.5) is 10.1 Å². The van der Waals surface area contributed by atoms with E-state index < -0.39 is 11.7 Å². The van der Waals surface area contributed by atoms with E-state index in [-0.39, 0.29) is 23.2 Å². The summed E-state index contributed by atoms with van der Waals surface area (Å²) in [5, 5.41) is 5.45. The quantitative estimate of drug-likeness (QED) is 0.534. The largest absolute Gasteiger partial charge is 0.378 e. The number of carbonyl (C=O) groups excluding carboxylic acids is 1. The lowest BCUT2D eigenvalue weighted by atomic mass is 9.82. The molecule has 0 spiro atoms. The molecule has 0 radical (unpaired) electrons. The van der Waals surface area contributed by atoms with Gasteiger partial charge >= 0.3 is 0 Å². The summed E-state index contributed by atoms with van der Waals surface area (Å²) in [5.41, 5.74) is 8.14. The summed E-state index contributed by atoms with van der Waals surface area (Å²) >= 11 is 1.39. The lowest BCUT2D eigenvalue weighted by Crippen LogP contribution is -2.31. The average Bonchev–Trinajstić information content (AvgIpc) is 3.31. The van der Waals surface area contributed by atoms with E-state index in [0.717, 1.165) is 42.4 Å². The molecule has 3 N–H and O–H groups in total. The maximum atomic E-state index is 14.1. The number of pyridine rings is 2. The van der Waals surface area contributed by atoms with Crippen LogP contribution in [0.5, 0.6) is 0 Å². The summed E-state index contributed by atoms with van der Waals surface area (Å²) in [7, 11) is 0. The van der Waals surface area contributed by atoms with Gasteiger partial charge in [-0.05, 0) is 66.7 Å². The second kappa shape index (κ2) is 9.82. The molecule has 1 amide bonds. The molecule has 3 aromatic rings. The van der Waals surface area contributed by atoms with Gasteiger partial charge in [-0.1, -0.05) is 13.8 Å². The number of nitrogens with zero attached hydrogens (tertiary/aromatic N) is 3. The molecule has 4 rings (SSSR count). The van der Waals surface area contributed by atoms with Gasteiger partial charge in [0.1, 0.15) is 5.69 Å². The van der Waals surface area contributed by atoms with Crippen molar-refractivity contribution in [1.29, 1.82) is 0 Å². The van der Waals surface area contributed by atoms with Crippen molar-refractivity contribution in [3.05, 3.63) is 63.5 Å². The summed E-state index contributed by atoms with van der Waals surface area (Å²) in [4.78, 5) is 28.2. The first-order valence-electron chi connectivity index (χ1n) is 11.2. The number of nitrogens with two attached hydrogens (primary N) is 1. The number of nitrogens with one attached hydrogen (secondary N) is 1. The highest BCUT2D eigenvalue weighted by Crippen LogP contribution is 2.34. The van der Waals surface area contributed by atoms with Crippen molar-refractivity contribution in [3.63, 3.8) is 0 Å². The van der Waals surface area contributed by atoms with Gasteiger partial charge in [-0.15, -0.1) is 0 Å². The second-order valence-electron chi connectivity index (χ2n) is 9.06. The summed E-state index contributed by atoms with van der Waals surface area (Å²) in [6, 6.07) is 3.44. The fourth-order valence-corrected chi connectivity index (χ4v) is 4.97. The van der Waals surface area contributed by atoms with Gasteiger partial charge in [-0.2, -0.15) is 0 Å². The number of carbonyl (C=O) groups is 1. The third-order valence-corrected chi connectivity index (χ3v) is 6.65. The van der Waals surface area contributed by atoms with Crippen molar-refractivity contribution in [2.45, 2.75) is 58.0 Å². The first-order chi connectivity index (χ1) is 15.8. The van der Waals surface area contributed by atoms with E-state index in [1.807, 2.05) is 23.8 Å². The topological polar surface area (TPSA) is 103 Å². The van der Waals surface area contributed by atoms with Crippen LogP contribution in [0.3, 0.4) is 0 Å². The zero-order valence-corrected chi connectivity index (χ0v) is 19.6. The monoisotopic (exact) mass is 469 g/mol. The molecule has 0 bridgehead atoms. The Morgan fingerprint density at radius 3 is 2.61 bits per heavy atom. The van der Waals surface area contributed by atoms with Crippen molar-refractivity contribution in [2.75, 3.05) is 5.32 Å². The molecule has 1 saturated carbocycles. The minimum atomic E-state index is -0.865. The Morgan fingerprint density at radius 2 is 2.00 bits per heavy atom. The molecule has 7 nitrogen and oxygen atoms in total. The predicted molar refractivity (Wildman–Crippen MR) is 128 cm³/mol. The third-order valence-electron chi connectivity index (χ3n) is 6.07. The van der Waals surface area contributed by atoms with Crippen LogP contribution in [0.25, 0.3) is 11.1 Å². The second-order valence-corrected chi connectivity index (χ2v) is 9.72. The lowest BCUT2D eigenvalue weighted by Gasteiger charge is -2.30. The number of hydrogen-bond acceptors (Lipinski definition) is 6. The molecule has 3 aromatic heterocycles. The lowest BCUT2D eigenvalue weighted by molar-refractivity contribution is 0.0991. The maximum Gasteiger partial charge on any atom is 0.273 e. The molecule has 9 heteroatoms. The number of hydrogen-bond donors (Lipinski definition) is 2. The third kappa shape index (κ3) is 5.30. The Morgan fingerprint density at radius 1 is 1.24 bits per heavy atom. The van der Waals surface area contributed by atoms with Gasteiger partial charge in [0, 0.05) is 47.7 Å². The molecular weight excluding hydrogens is 441 g/mol.